The number of fused-ring (bicyclic) bond motifs is 2. The Labute approximate surface area is 171 Å². The van der Waals surface area contributed by atoms with Crippen LogP contribution < -0.4 is 15.6 Å². The van der Waals surface area contributed by atoms with Crippen LogP contribution in [0.4, 0.5) is 0 Å². The molecule has 5 rings (SSSR count). The maximum absolute atomic E-state index is 13.1. The van der Waals surface area contributed by atoms with E-state index in [1.165, 1.54) is 11.3 Å². The molecule has 0 atom stereocenters. The summed E-state index contributed by atoms with van der Waals surface area (Å²) in [6.07, 6.45) is 5.50. The summed E-state index contributed by atoms with van der Waals surface area (Å²) in [4.78, 5) is 23.0. The Balaban J connectivity index is 1.68. The summed E-state index contributed by atoms with van der Waals surface area (Å²) in [6, 6.07) is 2.20. The summed E-state index contributed by atoms with van der Waals surface area (Å²) < 4.78 is 9.24. The van der Waals surface area contributed by atoms with Crippen molar-refractivity contribution in [2.24, 2.45) is 7.05 Å². The summed E-state index contributed by atoms with van der Waals surface area (Å²) in [5, 5.41) is 9.60. The van der Waals surface area contributed by atoms with Crippen LogP contribution >= 0.6 is 11.3 Å². The van der Waals surface area contributed by atoms with Gasteiger partial charge in [-0.25, -0.2) is 9.97 Å². The molecule has 1 aliphatic rings. The number of benzene rings is 1. The lowest BCUT2D eigenvalue weighted by atomic mass is 10.1. The number of aryl methyl sites for hydroxylation is 2. The molecule has 0 saturated carbocycles. The van der Waals surface area contributed by atoms with Crippen LogP contribution in [0.5, 0.6) is 5.75 Å². The van der Waals surface area contributed by atoms with E-state index in [1.807, 2.05) is 26.2 Å². The Kier molecular flexibility index (Phi) is 4.36. The van der Waals surface area contributed by atoms with E-state index in [1.54, 1.807) is 22.7 Å². The third kappa shape index (κ3) is 2.92. The van der Waals surface area contributed by atoms with Crippen molar-refractivity contribution >= 4 is 32.6 Å². The van der Waals surface area contributed by atoms with Crippen molar-refractivity contribution in [2.45, 2.75) is 25.8 Å². The standard InChI is InChI=1S/C20H22N6O2S/c1-11-15-12(9-25(2)24-15)8-14(17(11)28-3)18-23-16-19(29-18)22-10-26(20(16)27)13-4-6-21-7-5-13/h8-10,13,21H,4-7H2,1-3H3. The van der Waals surface area contributed by atoms with Crippen molar-refractivity contribution < 1.29 is 4.74 Å². The van der Waals surface area contributed by atoms with E-state index in [4.69, 9.17) is 9.72 Å². The summed E-state index contributed by atoms with van der Waals surface area (Å²) in [6.45, 7) is 3.82. The zero-order valence-corrected chi connectivity index (χ0v) is 17.4. The molecule has 0 bridgehead atoms. The minimum absolute atomic E-state index is 0.0671. The SMILES string of the molecule is COc1c(-c2nc3c(=O)n(C4CCNCC4)cnc3s2)cc2cn(C)nc2c1C. The maximum Gasteiger partial charge on any atom is 0.281 e. The molecule has 3 aromatic heterocycles. The van der Waals surface area contributed by atoms with Gasteiger partial charge in [0, 0.05) is 30.2 Å². The van der Waals surface area contributed by atoms with Crippen molar-refractivity contribution in [3.05, 3.63) is 34.5 Å². The number of nitrogens with zero attached hydrogens (tertiary/aromatic N) is 5. The topological polar surface area (TPSA) is 86.9 Å². The van der Waals surface area contributed by atoms with Crippen LogP contribution in [0.2, 0.25) is 0 Å². The van der Waals surface area contributed by atoms with Crippen LogP contribution in [0.15, 0.2) is 23.4 Å². The minimum atomic E-state index is -0.0671. The van der Waals surface area contributed by atoms with E-state index in [-0.39, 0.29) is 11.6 Å². The first-order chi connectivity index (χ1) is 14.1. The summed E-state index contributed by atoms with van der Waals surface area (Å²) in [5.74, 6) is 0.730. The lowest BCUT2D eigenvalue weighted by molar-refractivity contribution is 0.359. The molecule has 0 amide bonds. The lowest BCUT2D eigenvalue weighted by Crippen LogP contribution is -2.34. The van der Waals surface area contributed by atoms with Gasteiger partial charge in [-0.05, 0) is 38.9 Å². The first kappa shape index (κ1) is 18.3. The van der Waals surface area contributed by atoms with E-state index in [2.05, 4.69) is 15.4 Å². The van der Waals surface area contributed by atoms with Crippen LogP contribution in [-0.4, -0.2) is 44.5 Å². The van der Waals surface area contributed by atoms with Crippen LogP contribution in [0.3, 0.4) is 0 Å². The van der Waals surface area contributed by atoms with Crippen molar-refractivity contribution in [3.63, 3.8) is 0 Å². The molecule has 29 heavy (non-hydrogen) atoms. The fourth-order valence-electron chi connectivity index (χ4n) is 4.14. The zero-order valence-electron chi connectivity index (χ0n) is 16.6. The van der Waals surface area contributed by atoms with E-state index in [0.717, 1.165) is 58.7 Å². The molecule has 0 unspecified atom stereocenters. The minimum Gasteiger partial charge on any atom is -0.496 e. The van der Waals surface area contributed by atoms with Gasteiger partial charge in [0.15, 0.2) is 10.3 Å². The molecule has 1 N–H and O–H groups in total. The molecule has 0 radical (unpaired) electrons. The third-order valence-electron chi connectivity index (χ3n) is 5.58. The molecule has 150 valence electrons. The Bertz CT molecular complexity index is 1280. The Morgan fingerprint density at radius 3 is 2.83 bits per heavy atom. The Morgan fingerprint density at radius 1 is 1.28 bits per heavy atom. The quantitative estimate of drug-likeness (QED) is 0.559. The number of aromatic nitrogens is 5. The van der Waals surface area contributed by atoms with Gasteiger partial charge in [-0.2, -0.15) is 5.10 Å². The highest BCUT2D eigenvalue weighted by Crippen LogP contribution is 2.40. The second kappa shape index (κ2) is 6.93. The van der Waals surface area contributed by atoms with E-state index >= 15 is 0 Å². The largest absolute Gasteiger partial charge is 0.496 e. The van der Waals surface area contributed by atoms with E-state index < -0.39 is 0 Å². The number of methoxy groups -OCH3 is 1. The van der Waals surface area contributed by atoms with Crippen molar-refractivity contribution in [1.29, 1.82) is 0 Å². The van der Waals surface area contributed by atoms with Crippen LogP contribution in [-0.2, 0) is 7.05 Å². The van der Waals surface area contributed by atoms with Gasteiger partial charge < -0.3 is 10.1 Å². The van der Waals surface area contributed by atoms with Gasteiger partial charge in [-0.15, -0.1) is 0 Å². The fraction of sp³-hybridized carbons (Fsp3) is 0.400. The predicted molar refractivity (Wildman–Crippen MR) is 114 cm³/mol. The average molecular weight is 411 g/mol. The number of nitrogens with one attached hydrogen (secondary N) is 1. The van der Waals surface area contributed by atoms with E-state index in [9.17, 15) is 4.79 Å². The normalized spacial score (nSPS) is 15.4. The van der Waals surface area contributed by atoms with Crippen LogP contribution in [0.25, 0.3) is 31.8 Å². The van der Waals surface area contributed by atoms with Gasteiger partial charge in [0.1, 0.15) is 10.8 Å². The first-order valence-corrected chi connectivity index (χ1v) is 10.5. The smallest absolute Gasteiger partial charge is 0.281 e. The Hall–Kier alpha value is -2.78. The molecule has 4 aromatic rings. The monoisotopic (exact) mass is 410 g/mol. The molecule has 9 heteroatoms. The summed E-state index contributed by atoms with van der Waals surface area (Å²) in [5.41, 5.74) is 3.08. The molecule has 1 aliphatic heterocycles. The molecule has 8 nitrogen and oxygen atoms in total. The van der Waals surface area contributed by atoms with Crippen molar-refractivity contribution in [3.8, 4) is 16.3 Å². The van der Waals surface area contributed by atoms with Crippen molar-refractivity contribution in [2.75, 3.05) is 20.2 Å². The average Bonchev–Trinajstić information content (AvgIpc) is 3.32. The lowest BCUT2D eigenvalue weighted by Gasteiger charge is -2.24. The van der Waals surface area contributed by atoms with Gasteiger partial charge in [-0.1, -0.05) is 11.3 Å². The molecular weight excluding hydrogens is 388 g/mol. The molecule has 1 saturated heterocycles. The highest BCUT2D eigenvalue weighted by molar-refractivity contribution is 7.21. The predicted octanol–water partition coefficient (Wildman–Crippen LogP) is 2.65. The van der Waals surface area contributed by atoms with Gasteiger partial charge in [0.05, 0.1) is 24.5 Å². The second-order valence-corrected chi connectivity index (χ2v) is 8.41. The molecule has 0 aliphatic carbocycles. The number of thiazole rings is 1. The summed E-state index contributed by atoms with van der Waals surface area (Å²) in [7, 11) is 3.55. The van der Waals surface area contributed by atoms with Crippen LogP contribution in [0.1, 0.15) is 24.4 Å². The Morgan fingerprint density at radius 2 is 2.07 bits per heavy atom. The van der Waals surface area contributed by atoms with E-state index in [0.29, 0.717) is 10.3 Å². The number of hydrogen-bond donors (Lipinski definition) is 1. The molecule has 1 aromatic carbocycles. The highest BCUT2D eigenvalue weighted by Gasteiger charge is 2.22. The van der Waals surface area contributed by atoms with Gasteiger partial charge in [0.25, 0.3) is 5.56 Å². The van der Waals surface area contributed by atoms with Crippen molar-refractivity contribution in [1.82, 2.24) is 29.6 Å². The maximum atomic E-state index is 13.1. The first-order valence-electron chi connectivity index (χ1n) is 9.66. The van der Waals surface area contributed by atoms with Gasteiger partial charge in [0.2, 0.25) is 0 Å². The van der Waals surface area contributed by atoms with Gasteiger partial charge >= 0.3 is 0 Å². The fourth-order valence-corrected chi connectivity index (χ4v) is 5.06. The highest BCUT2D eigenvalue weighted by atomic mass is 32.1. The zero-order chi connectivity index (χ0) is 20.1. The number of ether oxygens (including phenoxy) is 1. The second-order valence-electron chi connectivity index (χ2n) is 7.43. The molecule has 0 spiro atoms. The summed E-state index contributed by atoms with van der Waals surface area (Å²) >= 11 is 1.42. The molecule has 1 fully saturated rings. The van der Waals surface area contributed by atoms with Gasteiger partial charge in [-0.3, -0.25) is 14.0 Å². The van der Waals surface area contributed by atoms with Crippen LogP contribution in [0, 0.1) is 6.92 Å². The number of hydrogen-bond acceptors (Lipinski definition) is 7. The molecular formula is C20H22N6O2S. The number of piperidine rings is 1. The third-order valence-corrected chi connectivity index (χ3v) is 6.58. The molecule has 4 heterocycles. The number of rotatable bonds is 3.